The third-order valence-electron chi connectivity index (χ3n) is 12.0. The number of halogens is 3. The Morgan fingerprint density at radius 3 is 2.40 bits per heavy atom. The van der Waals surface area contributed by atoms with E-state index in [1.54, 1.807) is 70.3 Å². The average Bonchev–Trinajstić information content (AvgIpc) is 3.80. The van der Waals surface area contributed by atoms with Crippen molar-refractivity contribution in [3.63, 3.8) is 0 Å². The van der Waals surface area contributed by atoms with Gasteiger partial charge in [-0.3, -0.25) is 29.4 Å². The fraction of sp³-hybridized carbons (Fsp3) is 0.311. The van der Waals surface area contributed by atoms with Gasteiger partial charge in [0.05, 0.1) is 29.4 Å². The van der Waals surface area contributed by atoms with E-state index < -0.39 is 41.4 Å². The number of benzene rings is 3. The zero-order valence-electron chi connectivity index (χ0n) is 34.1. The number of imidazole rings is 1. The maximum absolute atomic E-state index is 14.6. The minimum absolute atomic E-state index is 0.0226. The SMILES string of the molecule is Cc1ccc(C(=O)Nc2ccc(N3CCN(CC4CCN(c5ccc6c(c5)C(=O)N(N5CCC(=O)NC5=O)C6=O)CC4)CC3)c(C(F)(F)F)c2)cc1C#Cc1cnc2cccnn12. The van der Waals surface area contributed by atoms with E-state index in [-0.39, 0.29) is 41.0 Å². The molecule has 18 heteroatoms. The van der Waals surface area contributed by atoms with E-state index >= 15 is 0 Å². The number of piperidine rings is 1. The highest BCUT2D eigenvalue weighted by Gasteiger charge is 2.43. The molecule has 3 aromatic carbocycles. The van der Waals surface area contributed by atoms with Gasteiger partial charge in [0.25, 0.3) is 17.7 Å². The van der Waals surface area contributed by atoms with Crippen molar-refractivity contribution in [3.8, 4) is 11.8 Å². The van der Waals surface area contributed by atoms with E-state index in [1.165, 1.54) is 12.1 Å². The number of imide groups is 2. The molecule has 3 saturated heterocycles. The van der Waals surface area contributed by atoms with Gasteiger partial charge in [-0.1, -0.05) is 12.0 Å². The summed E-state index contributed by atoms with van der Waals surface area (Å²) in [5.41, 5.74) is 3.32. The van der Waals surface area contributed by atoms with Crippen molar-refractivity contribution >= 4 is 52.4 Å². The second-order valence-electron chi connectivity index (χ2n) is 16.0. The summed E-state index contributed by atoms with van der Waals surface area (Å²) < 4.78 is 45.3. The molecule has 6 amide bonds. The van der Waals surface area contributed by atoms with Crippen LogP contribution in [0.25, 0.3) is 5.65 Å². The van der Waals surface area contributed by atoms with Crippen LogP contribution in [0.2, 0.25) is 0 Å². The first-order valence-electron chi connectivity index (χ1n) is 20.6. The molecule has 2 N–H and O–H groups in total. The highest BCUT2D eigenvalue weighted by Crippen LogP contribution is 2.39. The number of hydrogen-bond acceptors (Lipinski definition) is 10. The number of rotatable bonds is 7. The van der Waals surface area contributed by atoms with Gasteiger partial charge in [-0.15, -0.1) is 0 Å². The van der Waals surface area contributed by atoms with Crippen LogP contribution in [0.4, 0.5) is 35.0 Å². The molecule has 0 saturated carbocycles. The molecule has 0 unspecified atom stereocenters. The molecule has 322 valence electrons. The molecule has 0 aliphatic carbocycles. The molecule has 4 aliphatic heterocycles. The molecule has 63 heavy (non-hydrogen) atoms. The Hall–Kier alpha value is -7.26. The number of urea groups is 1. The van der Waals surface area contributed by atoms with Crippen molar-refractivity contribution in [2.45, 2.75) is 32.4 Å². The van der Waals surface area contributed by atoms with Crippen LogP contribution in [-0.4, -0.2) is 112 Å². The number of alkyl halides is 3. The number of carbonyl (C=O) groups is 5. The number of piperazine rings is 1. The van der Waals surface area contributed by atoms with Crippen LogP contribution in [0.1, 0.15) is 72.7 Å². The molecular weight excluding hydrogens is 818 g/mol. The molecule has 2 aromatic heterocycles. The first kappa shape index (κ1) is 41.1. The Morgan fingerprint density at radius 1 is 0.857 bits per heavy atom. The Kier molecular flexibility index (Phi) is 10.8. The number of aromatic nitrogens is 3. The topological polar surface area (TPSA) is 156 Å². The Bertz CT molecular complexity index is 2740. The smallest absolute Gasteiger partial charge is 0.371 e. The molecule has 15 nitrogen and oxygen atoms in total. The molecule has 3 fully saturated rings. The summed E-state index contributed by atoms with van der Waals surface area (Å²) in [4.78, 5) is 74.2. The van der Waals surface area contributed by atoms with Gasteiger partial charge in [-0.25, -0.2) is 19.3 Å². The summed E-state index contributed by atoms with van der Waals surface area (Å²) in [5, 5.41) is 10.8. The summed E-state index contributed by atoms with van der Waals surface area (Å²) in [6.07, 6.45) is 0.274. The van der Waals surface area contributed by atoms with E-state index in [9.17, 15) is 37.1 Å². The maximum Gasteiger partial charge on any atom is 0.418 e. The highest BCUT2D eigenvalue weighted by atomic mass is 19.4. The lowest BCUT2D eigenvalue weighted by Gasteiger charge is -2.40. The number of hydrogen-bond donors (Lipinski definition) is 2. The van der Waals surface area contributed by atoms with Gasteiger partial charge in [0.15, 0.2) is 5.65 Å². The van der Waals surface area contributed by atoms with E-state index in [4.69, 9.17) is 0 Å². The van der Waals surface area contributed by atoms with Gasteiger partial charge >= 0.3 is 12.2 Å². The predicted octanol–water partition coefficient (Wildman–Crippen LogP) is 5.20. The van der Waals surface area contributed by atoms with Gasteiger partial charge < -0.3 is 15.1 Å². The third kappa shape index (κ3) is 8.26. The van der Waals surface area contributed by atoms with Crippen molar-refractivity contribution in [1.29, 1.82) is 0 Å². The quantitative estimate of drug-likeness (QED) is 0.165. The molecule has 0 atom stereocenters. The summed E-state index contributed by atoms with van der Waals surface area (Å²) in [5.74, 6) is 4.20. The fourth-order valence-corrected chi connectivity index (χ4v) is 8.55. The van der Waals surface area contributed by atoms with E-state index in [0.717, 1.165) is 46.7 Å². The van der Waals surface area contributed by atoms with Crippen molar-refractivity contribution in [2.24, 2.45) is 5.92 Å². The number of amides is 6. The second kappa shape index (κ2) is 16.5. The first-order valence-corrected chi connectivity index (χ1v) is 20.6. The summed E-state index contributed by atoms with van der Waals surface area (Å²) in [6, 6.07) is 16.7. The molecular formula is C45H41F3N10O5. The Morgan fingerprint density at radius 2 is 1.63 bits per heavy atom. The molecule has 0 spiro atoms. The Balaban J connectivity index is 0.789. The average molecular weight is 859 g/mol. The number of fused-ring (bicyclic) bond motifs is 2. The molecule has 6 heterocycles. The maximum atomic E-state index is 14.6. The zero-order chi connectivity index (χ0) is 44.0. The number of nitrogens with zero attached hydrogens (tertiary/aromatic N) is 8. The summed E-state index contributed by atoms with van der Waals surface area (Å²) >= 11 is 0. The lowest BCUT2D eigenvalue weighted by Crippen LogP contribution is -2.58. The van der Waals surface area contributed by atoms with Crippen LogP contribution in [-0.2, 0) is 11.0 Å². The lowest BCUT2D eigenvalue weighted by atomic mass is 9.95. The molecule has 9 rings (SSSR count). The number of carbonyl (C=O) groups excluding carboxylic acids is 5. The monoisotopic (exact) mass is 858 g/mol. The number of hydrazine groups is 1. The normalized spacial score (nSPS) is 17.5. The van der Waals surface area contributed by atoms with Crippen LogP contribution in [0.5, 0.6) is 0 Å². The van der Waals surface area contributed by atoms with Crippen LogP contribution >= 0.6 is 0 Å². The minimum Gasteiger partial charge on any atom is -0.371 e. The van der Waals surface area contributed by atoms with Crippen molar-refractivity contribution < 1.29 is 37.1 Å². The lowest BCUT2D eigenvalue weighted by molar-refractivity contribution is -0.137. The largest absolute Gasteiger partial charge is 0.418 e. The zero-order valence-corrected chi connectivity index (χ0v) is 34.1. The second-order valence-corrected chi connectivity index (χ2v) is 16.0. The van der Waals surface area contributed by atoms with Gasteiger partial charge in [0.2, 0.25) is 5.91 Å². The standard InChI is InChI=1S/C45H41F3N10O5/c1-28-4-5-31(23-30(28)6-8-34-26-49-39-3-2-15-50-57(34)39)41(60)51-32-7-11-38(37(24-32)45(46,47)48)55-21-19-53(20-22-55)27-29-12-16-54(17-13-29)33-9-10-35-36(25-33)43(62)58(42(35)61)56-18-14-40(59)52-44(56)63/h2-5,7,9-11,15,23-26,29H,12-14,16-22,27H2,1H3,(H,51,60)(H,52,59,63). The van der Waals surface area contributed by atoms with E-state index in [2.05, 4.69) is 42.4 Å². The minimum atomic E-state index is -4.66. The van der Waals surface area contributed by atoms with Gasteiger partial charge in [-0.05, 0) is 97.8 Å². The van der Waals surface area contributed by atoms with Gasteiger partial charge in [-0.2, -0.15) is 23.3 Å². The first-order chi connectivity index (χ1) is 30.3. The van der Waals surface area contributed by atoms with Crippen molar-refractivity contribution in [1.82, 2.24) is 34.8 Å². The van der Waals surface area contributed by atoms with Gasteiger partial charge in [0, 0.05) is 86.6 Å². The molecule has 0 radical (unpaired) electrons. The van der Waals surface area contributed by atoms with Crippen molar-refractivity contribution in [3.05, 3.63) is 118 Å². The van der Waals surface area contributed by atoms with Crippen LogP contribution < -0.4 is 20.4 Å². The van der Waals surface area contributed by atoms with E-state index in [1.807, 2.05) is 6.92 Å². The number of anilines is 3. The van der Waals surface area contributed by atoms with Crippen LogP contribution in [0, 0.1) is 24.7 Å². The molecule has 4 aliphatic rings. The predicted molar refractivity (Wildman–Crippen MR) is 225 cm³/mol. The summed E-state index contributed by atoms with van der Waals surface area (Å²) in [7, 11) is 0. The fourth-order valence-electron chi connectivity index (χ4n) is 8.55. The number of aryl methyl sites for hydroxylation is 1. The van der Waals surface area contributed by atoms with Gasteiger partial charge in [0.1, 0.15) is 5.69 Å². The third-order valence-corrected chi connectivity index (χ3v) is 12.0. The van der Waals surface area contributed by atoms with Crippen LogP contribution in [0.3, 0.4) is 0 Å². The Labute approximate surface area is 359 Å². The van der Waals surface area contributed by atoms with Crippen molar-refractivity contribution in [2.75, 3.05) is 67.5 Å². The number of nitrogens with one attached hydrogen (secondary N) is 2. The highest BCUT2D eigenvalue weighted by molar-refractivity contribution is 6.22. The molecule has 0 bridgehead atoms. The van der Waals surface area contributed by atoms with E-state index in [0.29, 0.717) is 62.1 Å². The van der Waals surface area contributed by atoms with Crippen LogP contribution in [0.15, 0.2) is 79.1 Å². The molecule has 5 aromatic rings. The summed E-state index contributed by atoms with van der Waals surface area (Å²) in [6.45, 7) is 5.98.